The van der Waals surface area contributed by atoms with Gasteiger partial charge < -0.3 is 9.47 Å². The Labute approximate surface area is 108 Å². The fourth-order valence-electron chi connectivity index (χ4n) is 0.232. The van der Waals surface area contributed by atoms with E-state index in [1.807, 2.05) is 0 Å². The molecule has 2 nitrogen and oxygen atoms in total. The minimum atomic E-state index is -0.774. The smallest absolute Gasteiger partial charge is 0.207 e. The Morgan fingerprint density at radius 3 is 1.54 bits per heavy atom. The van der Waals surface area contributed by atoms with E-state index in [1.54, 1.807) is 0 Å². The van der Waals surface area contributed by atoms with Crippen molar-refractivity contribution in [3.8, 4) is 0 Å². The number of hydrogen-bond donors (Lipinski definition) is 0. The van der Waals surface area contributed by atoms with E-state index in [1.165, 1.54) is 31.4 Å². The third kappa shape index (κ3) is 14.1. The topological polar surface area (TPSA) is 18.5 Å². The van der Waals surface area contributed by atoms with Crippen LogP contribution in [0.15, 0.2) is 0 Å². The second-order valence-electron chi connectivity index (χ2n) is 1.39. The van der Waals surface area contributed by atoms with Crippen LogP contribution in [0.3, 0.4) is 0 Å². The Bertz CT molecular complexity index is 106. The van der Waals surface area contributed by atoms with Crippen LogP contribution in [0.4, 0.5) is 0 Å². The van der Waals surface area contributed by atoms with Gasteiger partial charge in [0.2, 0.25) is 10.0 Å². The van der Waals surface area contributed by atoms with Crippen molar-refractivity contribution in [3.05, 3.63) is 0 Å². The average Bonchev–Trinajstić information content (AvgIpc) is 2.01. The van der Waals surface area contributed by atoms with Crippen LogP contribution in [0.2, 0.25) is 0 Å². The first-order chi connectivity index (χ1) is 6.13. The third-order valence-corrected chi connectivity index (χ3v) is 4.63. The number of halogens is 4. The van der Waals surface area contributed by atoms with Gasteiger partial charge in [-0.15, -0.1) is 0 Å². The highest BCUT2D eigenvalue weighted by Gasteiger charge is 2.00. The van der Waals surface area contributed by atoms with Gasteiger partial charge in [0.05, 0.1) is 0 Å². The largest absolute Gasteiger partial charge is 0.337 e. The lowest BCUT2D eigenvalue weighted by Gasteiger charge is -2.04. The van der Waals surface area contributed by atoms with Crippen molar-refractivity contribution in [3.63, 3.8) is 0 Å². The average molecular weight is 324 g/mol. The molecule has 0 aliphatic carbocycles. The highest BCUT2D eigenvalue weighted by Crippen LogP contribution is 2.35. The molecule has 0 aliphatic heterocycles. The molecule has 0 aliphatic rings. The molecule has 0 spiro atoms. The van der Waals surface area contributed by atoms with E-state index in [0.29, 0.717) is 11.9 Å². The van der Waals surface area contributed by atoms with Gasteiger partial charge in [-0.3, -0.25) is 0 Å². The number of rotatable bonds is 8. The van der Waals surface area contributed by atoms with Gasteiger partial charge in [0.25, 0.3) is 0 Å². The highest BCUT2D eigenvalue weighted by atomic mass is 35.5. The van der Waals surface area contributed by atoms with Crippen LogP contribution in [0.1, 0.15) is 0 Å². The van der Waals surface area contributed by atoms with Crippen LogP contribution in [0, 0.1) is 0 Å². The summed E-state index contributed by atoms with van der Waals surface area (Å²) in [4.78, 5) is 0. The van der Waals surface area contributed by atoms with Gasteiger partial charge in [-0.05, 0) is 9.83 Å². The maximum atomic E-state index is 5.31. The van der Waals surface area contributed by atoms with Crippen LogP contribution < -0.4 is 0 Å². The monoisotopic (exact) mass is 322 g/mol. The molecule has 0 radical (unpaired) electrons. The number of hydrogen-bond acceptors (Lipinski definition) is 5. The Hall–Kier alpha value is 2.13. The number of ether oxygens (including phenoxy) is 2. The number of alkyl halides is 4. The summed E-state index contributed by atoms with van der Waals surface area (Å²) in [7, 11) is 4.40. The maximum Gasteiger partial charge on any atom is 0.207 e. The van der Waals surface area contributed by atoms with Crippen LogP contribution in [0.5, 0.6) is 0 Å². The summed E-state index contributed by atoms with van der Waals surface area (Å²) in [5.41, 5.74) is 0. The van der Waals surface area contributed by atoms with Crippen molar-refractivity contribution in [1.29, 1.82) is 0 Å². The molecule has 80 valence electrons. The van der Waals surface area contributed by atoms with Gasteiger partial charge in [0.1, 0.15) is 11.9 Å². The Morgan fingerprint density at radius 1 is 0.846 bits per heavy atom. The van der Waals surface area contributed by atoms with Crippen LogP contribution >= 0.6 is 77.8 Å². The zero-order valence-corrected chi connectivity index (χ0v) is 11.6. The lowest BCUT2D eigenvalue weighted by atomic mass is 11.5. The zero-order chi connectivity index (χ0) is 10.1. The van der Waals surface area contributed by atoms with E-state index < -0.39 is 10.0 Å². The van der Waals surface area contributed by atoms with Gasteiger partial charge in [-0.2, -0.15) is 0 Å². The predicted molar refractivity (Wildman–Crippen MR) is 65.7 cm³/mol. The van der Waals surface area contributed by atoms with Crippen molar-refractivity contribution in [2.45, 2.75) is 10.0 Å². The fraction of sp³-hybridized carbons (Fsp3) is 1.00. The molecule has 0 atom stereocenters. The van der Waals surface area contributed by atoms with Gasteiger partial charge >= 0.3 is 0 Å². The Morgan fingerprint density at radius 2 is 1.23 bits per heavy atom. The van der Waals surface area contributed by atoms with Crippen LogP contribution in [0.25, 0.3) is 0 Å². The van der Waals surface area contributed by atoms with Crippen molar-refractivity contribution in [2.75, 3.05) is 11.9 Å². The van der Waals surface area contributed by atoms with Crippen molar-refractivity contribution in [1.82, 2.24) is 0 Å². The van der Waals surface area contributed by atoms with Crippen molar-refractivity contribution >= 4 is 77.8 Å². The molecule has 0 rings (SSSR count). The molecule has 0 amide bonds. The minimum absolute atomic E-state index is 0.417. The molecule has 0 N–H and O–H groups in total. The van der Waals surface area contributed by atoms with Crippen LogP contribution in [-0.4, -0.2) is 21.9 Å². The van der Waals surface area contributed by atoms with E-state index in [9.17, 15) is 0 Å². The maximum absolute atomic E-state index is 5.31. The van der Waals surface area contributed by atoms with E-state index in [2.05, 4.69) is 0 Å². The Kier molecular flexibility index (Phi) is 12.4. The van der Waals surface area contributed by atoms with Crippen molar-refractivity contribution < 1.29 is 9.47 Å². The standard InChI is InChI=1S/C4H6Cl4O2S3/c5-3(6)9-1-11-13-12-2-10-4(7)8/h3-4H,1-2H2. The molecule has 0 aromatic rings. The molecular weight excluding hydrogens is 318 g/mol. The van der Waals surface area contributed by atoms with E-state index in [4.69, 9.17) is 55.9 Å². The molecule has 9 heteroatoms. The lowest BCUT2D eigenvalue weighted by molar-refractivity contribution is 0.209. The first-order valence-corrected chi connectivity index (χ1v) is 8.40. The third-order valence-electron chi connectivity index (χ3n) is 0.581. The van der Waals surface area contributed by atoms with E-state index in [0.717, 1.165) is 0 Å². The Balaban J connectivity index is 2.92. The summed E-state index contributed by atoms with van der Waals surface area (Å²) in [5.74, 6) is 0.834. The molecule has 0 bridgehead atoms. The summed E-state index contributed by atoms with van der Waals surface area (Å²) in [6, 6.07) is 0. The molecule has 0 aromatic heterocycles. The minimum Gasteiger partial charge on any atom is -0.337 e. The lowest BCUT2D eigenvalue weighted by Crippen LogP contribution is -1.94. The molecule has 0 saturated carbocycles. The molecule has 0 aromatic carbocycles. The highest BCUT2D eigenvalue weighted by molar-refractivity contribution is 9.09. The van der Waals surface area contributed by atoms with Gasteiger partial charge in [-0.25, -0.2) is 0 Å². The molecule has 0 fully saturated rings. The van der Waals surface area contributed by atoms with E-state index >= 15 is 0 Å². The normalized spacial score (nSPS) is 11.5. The summed E-state index contributed by atoms with van der Waals surface area (Å²) in [5, 5.41) is -1.55. The molecule has 13 heavy (non-hydrogen) atoms. The summed E-state index contributed by atoms with van der Waals surface area (Å²) >= 11 is 21.3. The molecular formula is C4H6Cl4O2S3. The van der Waals surface area contributed by atoms with Gasteiger partial charge in [0.15, 0.2) is 0 Å². The summed E-state index contributed by atoms with van der Waals surface area (Å²) in [6.45, 7) is 0. The summed E-state index contributed by atoms with van der Waals surface area (Å²) in [6.07, 6.45) is 0. The molecule has 0 heterocycles. The zero-order valence-electron chi connectivity index (χ0n) is 6.12. The van der Waals surface area contributed by atoms with Crippen molar-refractivity contribution in [2.24, 2.45) is 0 Å². The second-order valence-corrected chi connectivity index (χ2v) is 7.55. The van der Waals surface area contributed by atoms with Gasteiger partial charge in [-0.1, -0.05) is 68.0 Å². The van der Waals surface area contributed by atoms with E-state index in [-0.39, 0.29) is 0 Å². The summed E-state index contributed by atoms with van der Waals surface area (Å²) < 4.78 is 9.67. The quantitative estimate of drug-likeness (QED) is 0.283. The fourth-order valence-corrected chi connectivity index (χ4v) is 3.41. The van der Waals surface area contributed by atoms with Crippen LogP contribution in [-0.2, 0) is 9.47 Å². The predicted octanol–water partition coefficient (Wildman–Crippen LogP) is 4.49. The first kappa shape index (κ1) is 15.1. The van der Waals surface area contributed by atoms with Gasteiger partial charge in [0, 0.05) is 0 Å². The first-order valence-electron chi connectivity index (χ1n) is 2.83. The SMILES string of the molecule is ClC(Cl)OCSSSCOC(Cl)Cl. The molecule has 0 saturated heterocycles. The second kappa shape index (κ2) is 10.6. The molecule has 0 unspecified atom stereocenters.